The fourth-order valence-electron chi connectivity index (χ4n) is 1.20. The lowest BCUT2D eigenvalue weighted by Crippen LogP contribution is -1.99. The molecule has 0 saturated carbocycles. The Kier molecular flexibility index (Phi) is 2.71. The smallest absolute Gasteiger partial charge is 0.132 e. The number of aliphatic hydroxyl groups excluding tert-OH is 1. The van der Waals surface area contributed by atoms with Gasteiger partial charge in [0.1, 0.15) is 6.10 Å². The van der Waals surface area contributed by atoms with Crippen molar-refractivity contribution in [1.82, 2.24) is 9.78 Å². The number of thiophene rings is 1. The van der Waals surface area contributed by atoms with Crippen LogP contribution >= 0.6 is 27.3 Å². The summed E-state index contributed by atoms with van der Waals surface area (Å²) in [5.74, 6) is 0. The van der Waals surface area contributed by atoms with Crippen molar-refractivity contribution in [2.75, 3.05) is 0 Å². The molecule has 2 rings (SSSR count). The van der Waals surface area contributed by atoms with Gasteiger partial charge < -0.3 is 5.11 Å². The van der Waals surface area contributed by atoms with Gasteiger partial charge in [0, 0.05) is 28.0 Å². The molecule has 2 aromatic rings. The zero-order valence-corrected chi connectivity index (χ0v) is 9.92. The Labute approximate surface area is 94.1 Å². The van der Waals surface area contributed by atoms with E-state index in [4.69, 9.17) is 0 Å². The molecule has 5 heteroatoms. The molecule has 1 N–H and O–H groups in total. The van der Waals surface area contributed by atoms with Gasteiger partial charge in [-0.2, -0.15) is 5.10 Å². The summed E-state index contributed by atoms with van der Waals surface area (Å²) in [6.07, 6.45) is 1.20. The van der Waals surface area contributed by atoms with Gasteiger partial charge in [-0.15, -0.1) is 11.3 Å². The number of rotatable bonds is 2. The van der Waals surface area contributed by atoms with Crippen molar-refractivity contribution in [3.63, 3.8) is 0 Å². The minimum Gasteiger partial charge on any atom is -0.381 e. The summed E-state index contributed by atoms with van der Waals surface area (Å²) in [5, 5.41) is 16.0. The van der Waals surface area contributed by atoms with Crippen LogP contribution < -0.4 is 0 Å². The Balaban J connectivity index is 2.28. The average Bonchev–Trinajstić information content (AvgIpc) is 2.73. The Hall–Kier alpha value is -0.650. The number of hydrogen-bond acceptors (Lipinski definition) is 3. The normalized spacial score (nSPS) is 13.1. The summed E-state index contributed by atoms with van der Waals surface area (Å²) in [6.45, 7) is 0. The van der Waals surface area contributed by atoms with Gasteiger partial charge in [0.05, 0.1) is 5.69 Å². The number of halogens is 1. The van der Waals surface area contributed by atoms with Gasteiger partial charge in [-0.25, -0.2) is 0 Å². The fourth-order valence-corrected chi connectivity index (χ4v) is 2.64. The Morgan fingerprint density at radius 2 is 2.43 bits per heavy atom. The molecule has 0 bridgehead atoms. The molecule has 0 saturated heterocycles. The largest absolute Gasteiger partial charge is 0.381 e. The van der Waals surface area contributed by atoms with Crippen molar-refractivity contribution in [3.8, 4) is 0 Å². The van der Waals surface area contributed by atoms with Crippen LogP contribution in [0.25, 0.3) is 0 Å². The van der Waals surface area contributed by atoms with Crippen LogP contribution in [-0.4, -0.2) is 14.9 Å². The van der Waals surface area contributed by atoms with Crippen molar-refractivity contribution < 1.29 is 5.11 Å². The first-order valence-corrected chi connectivity index (χ1v) is 5.75. The van der Waals surface area contributed by atoms with Crippen LogP contribution in [0.4, 0.5) is 0 Å². The summed E-state index contributed by atoms with van der Waals surface area (Å²) in [4.78, 5) is 0.899. The second-order valence-electron chi connectivity index (χ2n) is 2.98. The topological polar surface area (TPSA) is 38.0 Å². The Morgan fingerprint density at radius 3 is 2.93 bits per heavy atom. The standard InChI is InChI=1S/C9H9BrN2OS/c1-12-3-2-7(11-12)9(13)8-4-6(10)5-14-8/h2-5,9,13H,1H3. The summed E-state index contributed by atoms with van der Waals surface area (Å²) < 4.78 is 2.67. The third kappa shape index (κ3) is 1.89. The highest BCUT2D eigenvalue weighted by Gasteiger charge is 2.14. The van der Waals surface area contributed by atoms with Crippen molar-refractivity contribution in [3.05, 3.63) is 38.8 Å². The van der Waals surface area contributed by atoms with Gasteiger partial charge in [0.15, 0.2) is 0 Å². The third-order valence-corrected chi connectivity index (χ3v) is 3.62. The Bertz CT molecular complexity index is 397. The van der Waals surface area contributed by atoms with Crippen LogP contribution in [0.15, 0.2) is 28.2 Å². The SMILES string of the molecule is Cn1ccc(C(O)c2cc(Br)cs2)n1. The number of hydrogen-bond donors (Lipinski definition) is 1. The van der Waals surface area contributed by atoms with Gasteiger partial charge >= 0.3 is 0 Å². The fraction of sp³-hybridized carbons (Fsp3) is 0.222. The molecule has 14 heavy (non-hydrogen) atoms. The van der Waals surface area contributed by atoms with Crippen molar-refractivity contribution in [2.45, 2.75) is 6.10 Å². The van der Waals surface area contributed by atoms with E-state index in [2.05, 4.69) is 21.0 Å². The van der Waals surface area contributed by atoms with E-state index < -0.39 is 6.10 Å². The maximum Gasteiger partial charge on any atom is 0.132 e. The first kappa shape index (κ1) is 9.89. The van der Waals surface area contributed by atoms with Crippen LogP contribution in [-0.2, 0) is 7.05 Å². The average molecular weight is 273 g/mol. The third-order valence-electron chi connectivity index (χ3n) is 1.87. The maximum atomic E-state index is 9.93. The minimum atomic E-state index is -0.618. The molecule has 74 valence electrons. The van der Waals surface area contributed by atoms with Crippen molar-refractivity contribution in [1.29, 1.82) is 0 Å². The van der Waals surface area contributed by atoms with Crippen molar-refractivity contribution >= 4 is 27.3 Å². The monoisotopic (exact) mass is 272 g/mol. The molecule has 0 aliphatic carbocycles. The quantitative estimate of drug-likeness (QED) is 0.911. The van der Waals surface area contributed by atoms with Crippen LogP contribution in [0.2, 0.25) is 0 Å². The second kappa shape index (κ2) is 3.84. The van der Waals surface area contributed by atoms with Crippen LogP contribution in [0, 0.1) is 0 Å². The number of nitrogens with zero attached hydrogens (tertiary/aromatic N) is 2. The molecule has 2 aromatic heterocycles. The lowest BCUT2D eigenvalue weighted by atomic mass is 10.2. The number of aromatic nitrogens is 2. The number of aliphatic hydroxyl groups is 1. The van der Waals surface area contributed by atoms with Gasteiger partial charge in [-0.1, -0.05) is 0 Å². The van der Waals surface area contributed by atoms with E-state index in [0.717, 1.165) is 9.35 Å². The maximum absolute atomic E-state index is 9.93. The molecule has 0 aliphatic rings. The van der Waals surface area contributed by atoms with E-state index in [9.17, 15) is 5.11 Å². The molecular formula is C9H9BrN2OS. The predicted octanol–water partition coefficient (Wildman–Crippen LogP) is 2.33. The van der Waals surface area contributed by atoms with Crippen molar-refractivity contribution in [2.24, 2.45) is 7.05 Å². The van der Waals surface area contributed by atoms with E-state index >= 15 is 0 Å². The molecule has 1 atom stereocenters. The van der Waals surface area contributed by atoms with Crippen LogP contribution in [0.1, 0.15) is 16.7 Å². The van der Waals surface area contributed by atoms with E-state index in [1.54, 1.807) is 4.68 Å². The zero-order valence-electron chi connectivity index (χ0n) is 7.51. The molecule has 0 spiro atoms. The predicted molar refractivity (Wildman–Crippen MR) is 59.3 cm³/mol. The summed E-state index contributed by atoms with van der Waals surface area (Å²) in [6, 6.07) is 3.72. The molecule has 0 radical (unpaired) electrons. The molecule has 0 aliphatic heterocycles. The molecule has 0 aromatic carbocycles. The first-order valence-electron chi connectivity index (χ1n) is 4.08. The molecule has 3 nitrogen and oxygen atoms in total. The molecule has 0 fully saturated rings. The number of aryl methyl sites for hydroxylation is 1. The highest BCUT2D eigenvalue weighted by Crippen LogP contribution is 2.28. The zero-order chi connectivity index (χ0) is 10.1. The molecule has 0 amide bonds. The first-order chi connectivity index (χ1) is 6.66. The Morgan fingerprint density at radius 1 is 1.64 bits per heavy atom. The van der Waals surface area contributed by atoms with Gasteiger partial charge in [-0.3, -0.25) is 4.68 Å². The molecule has 2 heterocycles. The van der Waals surface area contributed by atoms with Gasteiger partial charge in [0.25, 0.3) is 0 Å². The minimum absolute atomic E-state index is 0.618. The van der Waals surface area contributed by atoms with E-state index in [-0.39, 0.29) is 0 Å². The van der Waals surface area contributed by atoms with Crippen LogP contribution in [0.3, 0.4) is 0 Å². The van der Waals surface area contributed by atoms with E-state index in [1.165, 1.54) is 11.3 Å². The molecular weight excluding hydrogens is 264 g/mol. The van der Waals surface area contributed by atoms with E-state index in [1.807, 2.05) is 30.8 Å². The van der Waals surface area contributed by atoms with Gasteiger partial charge in [0.2, 0.25) is 0 Å². The summed E-state index contributed by atoms with van der Waals surface area (Å²) in [5.41, 5.74) is 0.682. The summed E-state index contributed by atoms with van der Waals surface area (Å²) >= 11 is 4.87. The lowest BCUT2D eigenvalue weighted by molar-refractivity contribution is 0.218. The lowest BCUT2D eigenvalue weighted by Gasteiger charge is -2.03. The second-order valence-corrected chi connectivity index (χ2v) is 4.84. The highest BCUT2D eigenvalue weighted by molar-refractivity contribution is 9.10. The van der Waals surface area contributed by atoms with Crippen LogP contribution in [0.5, 0.6) is 0 Å². The molecule has 1 unspecified atom stereocenters. The van der Waals surface area contributed by atoms with Gasteiger partial charge in [-0.05, 0) is 28.1 Å². The van der Waals surface area contributed by atoms with E-state index in [0.29, 0.717) is 5.69 Å². The highest BCUT2D eigenvalue weighted by atomic mass is 79.9. The summed E-state index contributed by atoms with van der Waals surface area (Å²) in [7, 11) is 1.83.